The summed E-state index contributed by atoms with van der Waals surface area (Å²) in [6.45, 7) is 2.27. The third-order valence-corrected chi connectivity index (χ3v) is 6.46. The average molecular weight is 340 g/mol. The molecule has 0 N–H and O–H groups in total. The van der Waals surface area contributed by atoms with Crippen LogP contribution in [0.4, 0.5) is 0 Å². The summed E-state index contributed by atoms with van der Waals surface area (Å²) < 4.78 is 5.23. The Morgan fingerprint density at radius 2 is 1.43 bits per heavy atom. The zero-order chi connectivity index (χ0) is 15.6. The minimum atomic E-state index is 1.20. The highest BCUT2D eigenvalue weighted by atomic mass is 32.1. The van der Waals surface area contributed by atoms with Gasteiger partial charge in [0.05, 0.1) is 20.4 Å². The van der Waals surface area contributed by atoms with Crippen LogP contribution in [0.3, 0.4) is 0 Å². The van der Waals surface area contributed by atoms with E-state index >= 15 is 0 Å². The van der Waals surface area contributed by atoms with E-state index in [1.54, 1.807) is 0 Å². The van der Waals surface area contributed by atoms with Gasteiger partial charge in [0.2, 0.25) is 0 Å². The van der Waals surface area contributed by atoms with Gasteiger partial charge < -0.3 is 4.57 Å². The number of unbranched alkanes of at least 4 members (excludes halogenated alkanes) is 3. The van der Waals surface area contributed by atoms with Crippen LogP contribution in [0.2, 0.25) is 0 Å². The van der Waals surface area contributed by atoms with Gasteiger partial charge in [-0.3, -0.25) is 0 Å². The first-order valence-corrected chi connectivity index (χ1v) is 10.2. The quantitative estimate of drug-likeness (QED) is 0.332. The van der Waals surface area contributed by atoms with Gasteiger partial charge in [-0.25, -0.2) is 0 Å². The zero-order valence-corrected chi connectivity index (χ0v) is 15.1. The van der Waals surface area contributed by atoms with Gasteiger partial charge in [-0.05, 0) is 53.4 Å². The normalized spacial score (nSPS) is 11.7. The summed E-state index contributed by atoms with van der Waals surface area (Å²) in [5, 5.41) is 4.39. The number of hydrogen-bond acceptors (Lipinski definition) is 2. The van der Waals surface area contributed by atoms with Crippen molar-refractivity contribution in [2.45, 2.75) is 39.0 Å². The summed E-state index contributed by atoms with van der Waals surface area (Å²) in [5.74, 6) is 0. The molecule has 0 aliphatic carbocycles. The Balaban J connectivity index is 1.64. The minimum Gasteiger partial charge on any atom is -0.307 e. The molecule has 1 nitrogen and oxygen atoms in total. The van der Waals surface area contributed by atoms with Crippen molar-refractivity contribution in [3.63, 3.8) is 0 Å². The molecule has 0 fully saturated rings. The predicted octanol–water partition coefficient (Wildman–Crippen LogP) is 7.03. The second-order valence-electron chi connectivity index (χ2n) is 6.08. The van der Waals surface area contributed by atoms with Crippen LogP contribution >= 0.6 is 22.7 Å². The summed E-state index contributed by atoms with van der Waals surface area (Å²) in [7, 11) is 0. The Kier molecular flexibility index (Phi) is 4.23. The molecule has 0 aliphatic rings. The molecule has 3 heteroatoms. The van der Waals surface area contributed by atoms with Gasteiger partial charge in [-0.15, -0.1) is 22.7 Å². The molecule has 0 spiro atoms. The molecular weight excluding hydrogens is 318 g/mol. The van der Waals surface area contributed by atoms with E-state index in [0.717, 1.165) is 0 Å². The van der Waals surface area contributed by atoms with Crippen LogP contribution < -0.4 is 0 Å². The van der Waals surface area contributed by atoms with Crippen LogP contribution in [0.1, 0.15) is 38.2 Å². The molecule has 118 valence electrons. The van der Waals surface area contributed by atoms with Crippen molar-refractivity contribution in [1.29, 1.82) is 0 Å². The van der Waals surface area contributed by atoms with E-state index in [1.165, 1.54) is 63.8 Å². The molecule has 0 atom stereocenters. The van der Waals surface area contributed by atoms with Crippen molar-refractivity contribution in [3.05, 3.63) is 52.7 Å². The SMILES string of the molecule is CCCCCCc1ccc(-n2c3ccsc3c3sccc32)cc1. The molecule has 0 unspecified atom stereocenters. The topological polar surface area (TPSA) is 4.93 Å². The van der Waals surface area contributed by atoms with Crippen molar-refractivity contribution in [1.82, 2.24) is 4.57 Å². The average Bonchev–Trinajstić information content (AvgIpc) is 3.26. The number of nitrogens with zero attached hydrogens (tertiary/aromatic N) is 1. The molecular formula is C20H21NS2. The van der Waals surface area contributed by atoms with Crippen LogP contribution in [0.5, 0.6) is 0 Å². The van der Waals surface area contributed by atoms with Gasteiger partial charge in [-0.2, -0.15) is 0 Å². The summed E-state index contributed by atoms with van der Waals surface area (Å²) in [5.41, 5.74) is 5.42. The van der Waals surface area contributed by atoms with Crippen molar-refractivity contribution >= 4 is 43.1 Å². The molecule has 0 saturated carbocycles. The Morgan fingerprint density at radius 3 is 2.04 bits per heavy atom. The Hall–Kier alpha value is -1.58. The minimum absolute atomic E-state index is 1.20. The molecule has 0 amide bonds. The maximum Gasteiger partial charge on any atom is 0.0704 e. The number of aromatic nitrogens is 1. The molecule has 4 rings (SSSR count). The van der Waals surface area contributed by atoms with Crippen molar-refractivity contribution < 1.29 is 0 Å². The van der Waals surface area contributed by atoms with E-state index in [4.69, 9.17) is 0 Å². The molecule has 0 aliphatic heterocycles. The molecule has 0 bridgehead atoms. The molecule has 3 aromatic heterocycles. The molecule has 0 radical (unpaired) electrons. The maximum absolute atomic E-state index is 2.40. The highest BCUT2D eigenvalue weighted by molar-refractivity contribution is 7.25. The van der Waals surface area contributed by atoms with Crippen LogP contribution in [-0.2, 0) is 6.42 Å². The Morgan fingerprint density at radius 1 is 0.783 bits per heavy atom. The fraction of sp³-hybridized carbons (Fsp3) is 0.300. The fourth-order valence-corrected chi connectivity index (χ4v) is 5.21. The standard InChI is InChI=1S/C20H21NS2/c1-2-3-4-5-6-15-7-9-16(10-8-15)21-17-11-13-22-19(17)20-18(21)12-14-23-20/h7-14H,2-6H2,1H3. The zero-order valence-electron chi connectivity index (χ0n) is 13.4. The van der Waals surface area contributed by atoms with Gasteiger partial charge >= 0.3 is 0 Å². The largest absolute Gasteiger partial charge is 0.307 e. The van der Waals surface area contributed by atoms with E-state index in [-0.39, 0.29) is 0 Å². The first-order chi connectivity index (χ1) is 11.4. The summed E-state index contributed by atoms with van der Waals surface area (Å²) in [6, 6.07) is 13.7. The first-order valence-electron chi connectivity index (χ1n) is 8.43. The predicted molar refractivity (Wildman–Crippen MR) is 104 cm³/mol. The molecule has 0 saturated heterocycles. The van der Waals surface area contributed by atoms with Crippen LogP contribution in [0.15, 0.2) is 47.2 Å². The Bertz CT molecular complexity index is 860. The highest BCUT2D eigenvalue weighted by Crippen LogP contribution is 2.38. The number of aryl methyl sites for hydroxylation is 1. The number of fused-ring (bicyclic) bond motifs is 3. The van der Waals surface area contributed by atoms with Crippen LogP contribution in [-0.4, -0.2) is 4.57 Å². The van der Waals surface area contributed by atoms with Gasteiger partial charge in [-0.1, -0.05) is 38.3 Å². The molecule has 23 heavy (non-hydrogen) atoms. The number of rotatable bonds is 6. The summed E-state index contributed by atoms with van der Waals surface area (Å²) >= 11 is 3.69. The van der Waals surface area contributed by atoms with Crippen molar-refractivity contribution in [3.8, 4) is 5.69 Å². The lowest BCUT2D eigenvalue weighted by molar-refractivity contribution is 0.667. The van der Waals surface area contributed by atoms with Crippen molar-refractivity contribution in [2.75, 3.05) is 0 Å². The number of thiophene rings is 2. The summed E-state index contributed by atoms with van der Waals surface area (Å²) in [4.78, 5) is 0. The number of benzene rings is 1. The monoisotopic (exact) mass is 339 g/mol. The van der Waals surface area contributed by atoms with Gasteiger partial charge in [0, 0.05) is 5.69 Å². The molecule has 3 heterocycles. The third-order valence-electron chi connectivity index (χ3n) is 4.49. The second-order valence-corrected chi connectivity index (χ2v) is 7.91. The highest BCUT2D eigenvalue weighted by Gasteiger charge is 2.13. The van der Waals surface area contributed by atoms with Crippen LogP contribution in [0, 0.1) is 0 Å². The van der Waals surface area contributed by atoms with Gasteiger partial charge in [0.25, 0.3) is 0 Å². The Labute approximate surface area is 145 Å². The van der Waals surface area contributed by atoms with Crippen LogP contribution in [0.25, 0.3) is 26.1 Å². The summed E-state index contributed by atoms with van der Waals surface area (Å²) in [6.07, 6.45) is 6.52. The first kappa shape index (κ1) is 15.0. The fourth-order valence-electron chi connectivity index (χ4n) is 3.27. The lowest BCUT2D eigenvalue weighted by atomic mass is 10.1. The van der Waals surface area contributed by atoms with Crippen molar-refractivity contribution in [2.24, 2.45) is 0 Å². The smallest absolute Gasteiger partial charge is 0.0704 e. The second kappa shape index (κ2) is 6.50. The molecule has 4 aromatic rings. The van der Waals surface area contributed by atoms with E-state index in [0.29, 0.717) is 0 Å². The lowest BCUT2D eigenvalue weighted by Crippen LogP contribution is -1.93. The number of hydrogen-bond donors (Lipinski definition) is 0. The van der Waals surface area contributed by atoms with E-state index in [9.17, 15) is 0 Å². The van der Waals surface area contributed by atoms with Gasteiger partial charge in [0.1, 0.15) is 0 Å². The lowest BCUT2D eigenvalue weighted by Gasteiger charge is -2.08. The molecule has 1 aromatic carbocycles. The van der Waals surface area contributed by atoms with E-state index in [1.807, 2.05) is 22.7 Å². The van der Waals surface area contributed by atoms with E-state index in [2.05, 4.69) is 58.6 Å². The van der Waals surface area contributed by atoms with Gasteiger partial charge in [0.15, 0.2) is 0 Å². The third kappa shape index (κ3) is 2.73. The maximum atomic E-state index is 2.40. The van der Waals surface area contributed by atoms with E-state index < -0.39 is 0 Å².